The summed E-state index contributed by atoms with van der Waals surface area (Å²) < 4.78 is 6.51. The molecule has 0 radical (unpaired) electrons. The summed E-state index contributed by atoms with van der Waals surface area (Å²) in [5.74, 6) is 0.351. The van der Waals surface area contributed by atoms with E-state index in [2.05, 4.69) is 10.3 Å². The molecule has 1 N–H and O–H groups in total. The number of ether oxygens (including phenoxy) is 1. The van der Waals surface area contributed by atoms with Crippen LogP contribution in [0.25, 0.3) is 4.96 Å². The number of thiazole rings is 1. The first-order valence-corrected chi connectivity index (χ1v) is 8.42. The number of methoxy groups -OCH3 is 1. The molecule has 0 spiro atoms. The number of nitrogens with one attached hydrogen (secondary N) is 1. The minimum Gasteiger partial charge on any atom is -0.497 e. The fraction of sp³-hybridized carbons (Fsp3) is 0.235. The third-order valence-electron chi connectivity index (χ3n) is 3.72. The summed E-state index contributed by atoms with van der Waals surface area (Å²) in [6.07, 6.45) is 2.16. The number of carbonyl (C=O) groups excluding carboxylic acids is 1. The summed E-state index contributed by atoms with van der Waals surface area (Å²) in [7, 11) is 1.60. The predicted octanol–water partition coefficient (Wildman–Crippen LogP) is 2.26. The van der Waals surface area contributed by atoms with E-state index < -0.39 is 5.91 Å². The van der Waals surface area contributed by atoms with Crippen LogP contribution in [0.2, 0.25) is 0 Å². The highest BCUT2D eigenvalue weighted by Gasteiger charge is 2.19. The van der Waals surface area contributed by atoms with E-state index in [1.54, 1.807) is 18.7 Å². The molecule has 2 heterocycles. The maximum absolute atomic E-state index is 12.6. The number of fused-ring (bicyclic) bond motifs is 1. The Morgan fingerprint density at radius 3 is 2.75 bits per heavy atom. The molecular formula is C17H17N3O3S. The van der Waals surface area contributed by atoms with E-state index in [0.717, 1.165) is 11.3 Å². The van der Waals surface area contributed by atoms with Crippen molar-refractivity contribution in [2.75, 3.05) is 7.11 Å². The molecule has 0 saturated carbocycles. The van der Waals surface area contributed by atoms with Crippen molar-refractivity contribution in [2.45, 2.75) is 19.9 Å². The maximum Gasteiger partial charge on any atom is 0.271 e. The van der Waals surface area contributed by atoms with Crippen molar-refractivity contribution in [3.8, 4) is 5.75 Å². The van der Waals surface area contributed by atoms with Crippen molar-refractivity contribution in [1.29, 1.82) is 0 Å². The number of rotatable bonds is 5. The van der Waals surface area contributed by atoms with Gasteiger partial charge in [-0.05, 0) is 24.1 Å². The predicted molar refractivity (Wildman–Crippen MR) is 92.9 cm³/mol. The first-order valence-electron chi connectivity index (χ1n) is 7.54. The third kappa shape index (κ3) is 3.03. The quantitative estimate of drug-likeness (QED) is 0.771. The molecule has 0 fully saturated rings. The van der Waals surface area contributed by atoms with E-state index in [0.29, 0.717) is 23.6 Å². The van der Waals surface area contributed by atoms with Gasteiger partial charge in [-0.1, -0.05) is 19.1 Å². The molecule has 0 aliphatic carbocycles. The molecule has 3 aromatic rings. The highest BCUT2D eigenvalue weighted by atomic mass is 32.1. The second kappa shape index (κ2) is 6.84. The zero-order valence-corrected chi connectivity index (χ0v) is 14.2. The molecular weight excluding hydrogens is 326 g/mol. The number of aromatic nitrogens is 2. The summed E-state index contributed by atoms with van der Waals surface area (Å²) in [5, 5.41) is 4.58. The smallest absolute Gasteiger partial charge is 0.271 e. The molecule has 1 aromatic carbocycles. The Balaban J connectivity index is 1.85. The van der Waals surface area contributed by atoms with Crippen LogP contribution < -0.4 is 15.6 Å². The van der Waals surface area contributed by atoms with Crippen LogP contribution in [-0.4, -0.2) is 22.4 Å². The van der Waals surface area contributed by atoms with Crippen LogP contribution in [0.3, 0.4) is 0 Å². The molecule has 0 saturated heterocycles. The van der Waals surface area contributed by atoms with Crippen molar-refractivity contribution in [3.63, 3.8) is 0 Å². The minimum atomic E-state index is -0.402. The Kier molecular flexibility index (Phi) is 4.61. The van der Waals surface area contributed by atoms with E-state index in [9.17, 15) is 9.59 Å². The molecule has 0 unspecified atom stereocenters. The fourth-order valence-electron chi connectivity index (χ4n) is 2.42. The molecule has 7 heteroatoms. The van der Waals surface area contributed by atoms with Crippen molar-refractivity contribution >= 4 is 22.2 Å². The second-order valence-corrected chi connectivity index (χ2v) is 6.05. The number of benzene rings is 1. The normalized spacial score (nSPS) is 10.8. The number of hydrogen-bond acceptors (Lipinski definition) is 5. The zero-order valence-electron chi connectivity index (χ0n) is 13.4. The minimum absolute atomic E-state index is 0.113. The third-order valence-corrected chi connectivity index (χ3v) is 4.47. The summed E-state index contributed by atoms with van der Waals surface area (Å²) in [5.41, 5.74) is 1.23. The SMILES string of the molecule is CCc1nc2sccn2c(=O)c1C(=O)NCc1ccc(OC)cc1. The van der Waals surface area contributed by atoms with Crippen LogP contribution in [0.15, 0.2) is 40.6 Å². The van der Waals surface area contributed by atoms with E-state index >= 15 is 0 Å². The fourth-order valence-corrected chi connectivity index (χ4v) is 3.15. The first-order chi connectivity index (χ1) is 11.6. The average molecular weight is 343 g/mol. The maximum atomic E-state index is 12.6. The summed E-state index contributed by atoms with van der Waals surface area (Å²) in [6, 6.07) is 7.39. The van der Waals surface area contributed by atoms with Crippen LogP contribution >= 0.6 is 11.3 Å². The number of carbonyl (C=O) groups is 1. The molecule has 0 aliphatic rings. The Hall–Kier alpha value is -2.67. The lowest BCUT2D eigenvalue weighted by molar-refractivity contribution is 0.0948. The molecule has 0 aliphatic heterocycles. The monoisotopic (exact) mass is 343 g/mol. The number of aryl methyl sites for hydroxylation is 1. The standard InChI is InChI=1S/C17H17N3O3S/c1-3-13-14(16(22)20-8-9-24-17(20)19-13)15(21)18-10-11-4-6-12(23-2)7-5-11/h4-9H,3,10H2,1-2H3,(H,18,21). The Morgan fingerprint density at radius 1 is 1.33 bits per heavy atom. The van der Waals surface area contributed by atoms with Crippen molar-refractivity contribution < 1.29 is 9.53 Å². The van der Waals surface area contributed by atoms with E-state index in [1.165, 1.54) is 15.7 Å². The van der Waals surface area contributed by atoms with E-state index in [1.807, 2.05) is 31.2 Å². The van der Waals surface area contributed by atoms with Gasteiger partial charge in [0.1, 0.15) is 11.3 Å². The lowest BCUT2D eigenvalue weighted by Crippen LogP contribution is -2.32. The molecule has 24 heavy (non-hydrogen) atoms. The van der Waals surface area contributed by atoms with Crippen LogP contribution in [0.5, 0.6) is 5.75 Å². The second-order valence-electron chi connectivity index (χ2n) is 5.18. The van der Waals surface area contributed by atoms with Gasteiger partial charge in [0.05, 0.1) is 12.8 Å². The molecule has 124 valence electrons. The summed E-state index contributed by atoms with van der Waals surface area (Å²) in [6.45, 7) is 2.21. The Morgan fingerprint density at radius 2 is 2.08 bits per heavy atom. The lowest BCUT2D eigenvalue weighted by Gasteiger charge is -2.09. The van der Waals surface area contributed by atoms with Gasteiger partial charge in [-0.2, -0.15) is 0 Å². The van der Waals surface area contributed by atoms with Gasteiger partial charge in [0, 0.05) is 18.1 Å². The largest absolute Gasteiger partial charge is 0.497 e. The first kappa shape index (κ1) is 16.2. The average Bonchev–Trinajstić information content (AvgIpc) is 3.08. The lowest BCUT2D eigenvalue weighted by atomic mass is 10.1. The van der Waals surface area contributed by atoms with Crippen molar-refractivity contribution in [1.82, 2.24) is 14.7 Å². The van der Waals surface area contributed by atoms with Crippen LogP contribution in [0.4, 0.5) is 0 Å². The summed E-state index contributed by atoms with van der Waals surface area (Å²) in [4.78, 5) is 30.1. The van der Waals surface area contributed by atoms with Crippen LogP contribution in [-0.2, 0) is 13.0 Å². The van der Waals surface area contributed by atoms with Crippen LogP contribution in [0, 0.1) is 0 Å². The molecule has 0 atom stereocenters. The van der Waals surface area contributed by atoms with Gasteiger partial charge in [-0.15, -0.1) is 11.3 Å². The van der Waals surface area contributed by atoms with E-state index in [4.69, 9.17) is 4.74 Å². The highest BCUT2D eigenvalue weighted by molar-refractivity contribution is 7.15. The van der Waals surface area contributed by atoms with Gasteiger partial charge in [-0.3, -0.25) is 14.0 Å². The van der Waals surface area contributed by atoms with Gasteiger partial charge in [0.15, 0.2) is 4.96 Å². The van der Waals surface area contributed by atoms with Gasteiger partial charge in [0.25, 0.3) is 11.5 Å². The van der Waals surface area contributed by atoms with Crippen LogP contribution in [0.1, 0.15) is 28.5 Å². The topological polar surface area (TPSA) is 72.7 Å². The van der Waals surface area contributed by atoms with Gasteiger partial charge < -0.3 is 10.1 Å². The number of amides is 1. The van der Waals surface area contributed by atoms with Gasteiger partial charge >= 0.3 is 0 Å². The molecule has 1 amide bonds. The Labute approximate surface area is 142 Å². The van der Waals surface area contributed by atoms with E-state index in [-0.39, 0.29) is 11.1 Å². The van der Waals surface area contributed by atoms with Gasteiger partial charge in [0.2, 0.25) is 0 Å². The van der Waals surface area contributed by atoms with Crippen molar-refractivity contribution in [2.24, 2.45) is 0 Å². The zero-order chi connectivity index (χ0) is 17.1. The molecule has 3 rings (SSSR count). The molecule has 2 aromatic heterocycles. The number of nitrogens with zero attached hydrogens (tertiary/aromatic N) is 2. The summed E-state index contributed by atoms with van der Waals surface area (Å²) >= 11 is 1.37. The molecule has 6 nitrogen and oxygen atoms in total. The molecule has 0 bridgehead atoms. The van der Waals surface area contributed by atoms with Gasteiger partial charge in [-0.25, -0.2) is 4.98 Å². The van der Waals surface area contributed by atoms with Crippen molar-refractivity contribution in [3.05, 3.63) is 63.0 Å². The number of hydrogen-bond donors (Lipinski definition) is 1. The Bertz CT molecular complexity index is 928. The highest BCUT2D eigenvalue weighted by Crippen LogP contribution is 2.13.